The monoisotopic (exact) mass is 184 g/mol. The van der Waals surface area contributed by atoms with Gasteiger partial charge < -0.3 is 5.32 Å². The van der Waals surface area contributed by atoms with Crippen LogP contribution >= 0.6 is 0 Å². The summed E-state index contributed by atoms with van der Waals surface area (Å²) in [4.78, 5) is 3.73. The van der Waals surface area contributed by atoms with E-state index in [0.717, 1.165) is 0 Å². The van der Waals surface area contributed by atoms with Gasteiger partial charge in [0.1, 0.15) is 5.69 Å². The van der Waals surface area contributed by atoms with Crippen LogP contribution in [0.4, 0.5) is 8.78 Å². The van der Waals surface area contributed by atoms with Gasteiger partial charge in [0.25, 0.3) is 0 Å². The van der Waals surface area contributed by atoms with Gasteiger partial charge in [-0.15, -0.1) is 0 Å². The van der Waals surface area contributed by atoms with Crippen molar-refractivity contribution in [2.75, 3.05) is 6.54 Å². The van der Waals surface area contributed by atoms with Gasteiger partial charge in [0.15, 0.2) is 0 Å². The molecule has 0 aliphatic carbocycles. The van der Waals surface area contributed by atoms with Crippen LogP contribution in [0.2, 0.25) is 0 Å². The van der Waals surface area contributed by atoms with Crippen LogP contribution in [0, 0.1) is 0 Å². The third-order valence-electron chi connectivity index (χ3n) is 2.28. The normalized spacial score (nSPS) is 25.3. The van der Waals surface area contributed by atoms with Crippen molar-refractivity contribution in [1.82, 2.24) is 10.3 Å². The topological polar surface area (TPSA) is 24.9 Å². The summed E-state index contributed by atoms with van der Waals surface area (Å²) in [5, 5.41) is 2.74. The van der Waals surface area contributed by atoms with Crippen molar-refractivity contribution in [3.63, 3.8) is 0 Å². The van der Waals surface area contributed by atoms with Gasteiger partial charge in [-0.3, -0.25) is 4.98 Å². The van der Waals surface area contributed by atoms with Crippen LogP contribution in [-0.4, -0.2) is 11.5 Å². The molecule has 0 aromatic carbocycles. The van der Waals surface area contributed by atoms with Crippen molar-refractivity contribution in [3.8, 4) is 0 Å². The number of rotatable bonds is 0. The summed E-state index contributed by atoms with van der Waals surface area (Å²) in [5.41, 5.74) is 0.514. The lowest BCUT2D eigenvalue weighted by Crippen LogP contribution is -2.39. The Morgan fingerprint density at radius 2 is 2.38 bits per heavy atom. The fraction of sp³-hybridized carbons (Fsp3) is 0.444. The largest absolute Gasteiger partial charge is 0.304 e. The van der Waals surface area contributed by atoms with E-state index in [9.17, 15) is 8.78 Å². The fourth-order valence-electron chi connectivity index (χ4n) is 1.55. The summed E-state index contributed by atoms with van der Waals surface area (Å²) < 4.78 is 26.5. The first kappa shape index (κ1) is 8.56. The Labute approximate surface area is 75.0 Å². The van der Waals surface area contributed by atoms with E-state index in [-0.39, 0.29) is 18.3 Å². The summed E-state index contributed by atoms with van der Waals surface area (Å²) >= 11 is 0. The Morgan fingerprint density at radius 3 is 3.08 bits per heavy atom. The first-order chi connectivity index (χ1) is 6.11. The van der Waals surface area contributed by atoms with E-state index >= 15 is 0 Å². The maximum atomic E-state index is 13.2. The van der Waals surface area contributed by atoms with E-state index < -0.39 is 5.92 Å². The van der Waals surface area contributed by atoms with Crippen molar-refractivity contribution in [3.05, 3.63) is 29.6 Å². The number of alkyl halides is 2. The minimum atomic E-state index is -2.83. The molecule has 2 rings (SSSR count). The minimum absolute atomic E-state index is 0.0386. The second-order valence-corrected chi connectivity index (χ2v) is 3.25. The van der Waals surface area contributed by atoms with Crippen LogP contribution in [0.25, 0.3) is 0 Å². The Morgan fingerprint density at radius 1 is 1.62 bits per heavy atom. The van der Waals surface area contributed by atoms with Crippen molar-refractivity contribution in [2.24, 2.45) is 0 Å². The quantitative estimate of drug-likeness (QED) is 0.665. The Hall–Kier alpha value is -1.03. The lowest BCUT2D eigenvalue weighted by Gasteiger charge is -2.29. The number of hydrogen-bond acceptors (Lipinski definition) is 2. The van der Waals surface area contributed by atoms with Crippen LogP contribution < -0.4 is 5.32 Å². The standard InChI is InChI=1S/C9H10F2N2/c1-6-7-3-2-4-12-8(7)9(10,11)5-13-6/h2-4,6,13H,5H2,1H3. The summed E-state index contributed by atoms with van der Waals surface area (Å²) in [6, 6.07) is 3.33. The Kier molecular flexibility index (Phi) is 1.80. The van der Waals surface area contributed by atoms with Crippen LogP contribution in [0.3, 0.4) is 0 Å². The summed E-state index contributed by atoms with van der Waals surface area (Å²) in [6.07, 6.45) is 1.41. The van der Waals surface area contributed by atoms with Gasteiger partial charge in [-0.05, 0) is 18.6 Å². The molecule has 1 aliphatic heterocycles. The van der Waals surface area contributed by atoms with Gasteiger partial charge in [-0.25, -0.2) is 0 Å². The van der Waals surface area contributed by atoms with Crippen molar-refractivity contribution in [2.45, 2.75) is 18.9 Å². The van der Waals surface area contributed by atoms with E-state index in [4.69, 9.17) is 0 Å². The van der Waals surface area contributed by atoms with E-state index in [1.54, 1.807) is 12.1 Å². The van der Waals surface area contributed by atoms with E-state index in [0.29, 0.717) is 5.56 Å². The summed E-state index contributed by atoms with van der Waals surface area (Å²) in [6.45, 7) is 1.54. The van der Waals surface area contributed by atoms with Crippen LogP contribution in [0.15, 0.2) is 18.3 Å². The summed E-state index contributed by atoms with van der Waals surface area (Å²) in [5.74, 6) is -2.83. The van der Waals surface area contributed by atoms with Crippen LogP contribution in [0.5, 0.6) is 0 Å². The van der Waals surface area contributed by atoms with Crippen LogP contribution in [0.1, 0.15) is 24.2 Å². The molecular weight excluding hydrogens is 174 g/mol. The van der Waals surface area contributed by atoms with Gasteiger partial charge >= 0.3 is 5.92 Å². The highest BCUT2D eigenvalue weighted by molar-refractivity contribution is 5.29. The Bertz CT molecular complexity index is 325. The van der Waals surface area contributed by atoms with Crippen molar-refractivity contribution in [1.29, 1.82) is 0 Å². The SMILES string of the molecule is CC1NCC(F)(F)c2ncccc21. The number of fused-ring (bicyclic) bond motifs is 1. The average Bonchev–Trinajstić information content (AvgIpc) is 2.13. The average molecular weight is 184 g/mol. The number of nitrogens with zero attached hydrogens (tertiary/aromatic N) is 1. The lowest BCUT2D eigenvalue weighted by atomic mass is 9.98. The first-order valence-corrected chi connectivity index (χ1v) is 4.18. The highest BCUT2D eigenvalue weighted by atomic mass is 19.3. The molecule has 70 valence electrons. The molecule has 1 atom stereocenters. The molecule has 1 N–H and O–H groups in total. The number of nitrogens with one attached hydrogen (secondary N) is 1. The van der Waals surface area contributed by atoms with Gasteiger partial charge in [0, 0.05) is 12.2 Å². The van der Waals surface area contributed by atoms with E-state index in [2.05, 4.69) is 10.3 Å². The highest BCUT2D eigenvalue weighted by Crippen LogP contribution is 2.34. The van der Waals surface area contributed by atoms with E-state index in [1.165, 1.54) is 6.20 Å². The zero-order valence-electron chi connectivity index (χ0n) is 7.22. The predicted octanol–water partition coefficient (Wildman–Crippen LogP) is 1.84. The Balaban J connectivity index is 2.55. The molecule has 1 aromatic rings. The van der Waals surface area contributed by atoms with E-state index in [1.807, 2.05) is 6.92 Å². The maximum absolute atomic E-state index is 13.2. The number of halogens is 2. The summed E-state index contributed by atoms with van der Waals surface area (Å²) in [7, 11) is 0. The third-order valence-corrected chi connectivity index (χ3v) is 2.28. The smallest absolute Gasteiger partial charge is 0.302 e. The maximum Gasteiger partial charge on any atom is 0.302 e. The molecule has 2 heterocycles. The molecule has 0 spiro atoms. The molecule has 0 fully saturated rings. The first-order valence-electron chi connectivity index (χ1n) is 4.18. The zero-order chi connectivity index (χ0) is 9.47. The fourth-order valence-corrected chi connectivity index (χ4v) is 1.55. The molecule has 2 nitrogen and oxygen atoms in total. The third kappa shape index (κ3) is 1.31. The van der Waals surface area contributed by atoms with Gasteiger partial charge in [-0.2, -0.15) is 8.78 Å². The second-order valence-electron chi connectivity index (χ2n) is 3.25. The molecule has 4 heteroatoms. The van der Waals surface area contributed by atoms with Crippen molar-refractivity contribution < 1.29 is 8.78 Å². The molecule has 0 radical (unpaired) electrons. The van der Waals surface area contributed by atoms with Crippen molar-refractivity contribution >= 4 is 0 Å². The van der Waals surface area contributed by atoms with Crippen LogP contribution in [-0.2, 0) is 5.92 Å². The van der Waals surface area contributed by atoms with Gasteiger partial charge in [0.05, 0.1) is 6.54 Å². The second kappa shape index (κ2) is 2.73. The minimum Gasteiger partial charge on any atom is -0.304 e. The lowest BCUT2D eigenvalue weighted by molar-refractivity contribution is -0.0190. The molecule has 13 heavy (non-hydrogen) atoms. The molecule has 0 amide bonds. The van der Waals surface area contributed by atoms with Gasteiger partial charge in [-0.1, -0.05) is 6.07 Å². The highest BCUT2D eigenvalue weighted by Gasteiger charge is 2.40. The number of pyridine rings is 1. The molecule has 0 saturated carbocycles. The molecular formula is C9H10F2N2. The molecule has 1 aliphatic rings. The van der Waals surface area contributed by atoms with Gasteiger partial charge in [0.2, 0.25) is 0 Å². The number of hydrogen-bond donors (Lipinski definition) is 1. The predicted molar refractivity (Wildman–Crippen MR) is 44.5 cm³/mol. The molecule has 1 aromatic heterocycles. The number of aromatic nitrogens is 1. The molecule has 0 bridgehead atoms. The molecule has 1 unspecified atom stereocenters. The molecule has 0 saturated heterocycles. The zero-order valence-corrected chi connectivity index (χ0v) is 7.22.